The van der Waals surface area contributed by atoms with E-state index in [0.29, 0.717) is 12.4 Å². The van der Waals surface area contributed by atoms with E-state index in [0.717, 1.165) is 0 Å². The summed E-state index contributed by atoms with van der Waals surface area (Å²) in [5.74, 6) is 0.677. The minimum atomic E-state index is -3.89. The van der Waals surface area contributed by atoms with Gasteiger partial charge in [0.05, 0.1) is 0 Å². The van der Waals surface area contributed by atoms with Gasteiger partial charge in [0.2, 0.25) is 0 Å². The molecule has 8 heteroatoms. The van der Waals surface area contributed by atoms with Crippen molar-refractivity contribution < 1.29 is 13.2 Å². The Balaban J connectivity index is 3.42. The summed E-state index contributed by atoms with van der Waals surface area (Å²) in [6.07, 6.45) is 0. The van der Waals surface area contributed by atoms with Gasteiger partial charge < -0.3 is 4.74 Å². The van der Waals surface area contributed by atoms with Gasteiger partial charge in [0.25, 0.3) is 15.2 Å². The standard InChI is InChI=1S/C10H20N4O3S/c1-7(2)6-14-8(10(3,4)17-5)12-13-9(14)18(11,15)16/h7H,6H2,1-5H3,(H2,11,15,16). The number of primary sulfonamides is 1. The average Bonchev–Trinajstić information content (AvgIpc) is 2.60. The molecule has 0 bridgehead atoms. The molecular formula is C10H20N4O3S. The van der Waals surface area contributed by atoms with E-state index < -0.39 is 15.6 Å². The quantitative estimate of drug-likeness (QED) is 0.842. The van der Waals surface area contributed by atoms with Crippen molar-refractivity contribution in [3.05, 3.63) is 5.82 Å². The molecule has 0 spiro atoms. The van der Waals surface area contributed by atoms with Crippen LogP contribution in [-0.2, 0) is 26.9 Å². The maximum absolute atomic E-state index is 11.5. The number of aromatic nitrogens is 3. The van der Waals surface area contributed by atoms with Crippen molar-refractivity contribution in [3.63, 3.8) is 0 Å². The first-order chi connectivity index (χ1) is 8.09. The highest BCUT2D eigenvalue weighted by Crippen LogP contribution is 2.24. The average molecular weight is 276 g/mol. The molecule has 1 aromatic rings. The summed E-state index contributed by atoms with van der Waals surface area (Å²) in [4.78, 5) is 0. The highest BCUT2D eigenvalue weighted by molar-refractivity contribution is 7.89. The fourth-order valence-electron chi connectivity index (χ4n) is 1.57. The number of nitrogens with two attached hydrogens (primary N) is 1. The van der Waals surface area contributed by atoms with Crippen molar-refractivity contribution in [2.45, 2.75) is 45.0 Å². The summed E-state index contributed by atoms with van der Waals surface area (Å²) in [7, 11) is -2.36. The van der Waals surface area contributed by atoms with Crippen LogP contribution >= 0.6 is 0 Å². The molecule has 0 fully saturated rings. The van der Waals surface area contributed by atoms with Crippen molar-refractivity contribution in [2.24, 2.45) is 11.1 Å². The molecule has 1 heterocycles. The molecule has 0 saturated heterocycles. The fourth-order valence-corrected chi connectivity index (χ4v) is 2.19. The number of hydrogen-bond donors (Lipinski definition) is 1. The maximum atomic E-state index is 11.5. The third-order valence-corrected chi connectivity index (χ3v) is 3.38. The third-order valence-electron chi connectivity index (χ3n) is 2.57. The predicted molar refractivity (Wildman–Crippen MR) is 66.3 cm³/mol. The smallest absolute Gasteiger partial charge is 0.273 e. The van der Waals surface area contributed by atoms with Crippen LogP contribution in [0, 0.1) is 5.92 Å². The first-order valence-corrected chi connectivity index (χ1v) is 7.16. The van der Waals surface area contributed by atoms with Gasteiger partial charge in [-0.25, -0.2) is 13.6 Å². The molecule has 0 unspecified atom stereocenters. The Kier molecular flexibility index (Phi) is 4.14. The van der Waals surface area contributed by atoms with Gasteiger partial charge in [0.15, 0.2) is 5.82 Å². The normalized spacial score (nSPS) is 13.3. The van der Waals surface area contributed by atoms with Crippen LogP contribution in [0.15, 0.2) is 5.16 Å². The first-order valence-electron chi connectivity index (χ1n) is 5.61. The van der Waals surface area contributed by atoms with Gasteiger partial charge in [-0.3, -0.25) is 4.57 Å². The summed E-state index contributed by atoms with van der Waals surface area (Å²) in [5, 5.41) is 12.5. The monoisotopic (exact) mass is 276 g/mol. The molecule has 1 rings (SSSR count). The zero-order valence-corrected chi connectivity index (χ0v) is 12.2. The van der Waals surface area contributed by atoms with Crippen LogP contribution in [0.5, 0.6) is 0 Å². The minimum Gasteiger partial charge on any atom is -0.371 e. The molecule has 0 aliphatic rings. The molecule has 0 aliphatic heterocycles. The van der Waals surface area contributed by atoms with Gasteiger partial charge in [-0.15, -0.1) is 10.2 Å². The lowest BCUT2D eigenvalue weighted by molar-refractivity contribution is 0.00731. The summed E-state index contributed by atoms with van der Waals surface area (Å²) < 4.78 is 29.8. The van der Waals surface area contributed by atoms with Crippen molar-refractivity contribution >= 4 is 10.0 Å². The number of nitrogens with zero attached hydrogens (tertiary/aromatic N) is 3. The molecular weight excluding hydrogens is 256 g/mol. The van der Waals surface area contributed by atoms with Gasteiger partial charge >= 0.3 is 0 Å². The van der Waals surface area contributed by atoms with E-state index >= 15 is 0 Å². The van der Waals surface area contributed by atoms with Crippen LogP contribution in [0.1, 0.15) is 33.5 Å². The van der Waals surface area contributed by atoms with Crippen molar-refractivity contribution in [3.8, 4) is 0 Å². The lowest BCUT2D eigenvalue weighted by Crippen LogP contribution is -2.28. The summed E-state index contributed by atoms with van der Waals surface area (Å²) in [5.41, 5.74) is -0.731. The Hall–Kier alpha value is -0.990. The molecule has 1 aromatic heterocycles. The van der Waals surface area contributed by atoms with E-state index in [9.17, 15) is 8.42 Å². The van der Waals surface area contributed by atoms with Crippen LogP contribution in [0.2, 0.25) is 0 Å². The van der Waals surface area contributed by atoms with Crippen LogP contribution in [0.25, 0.3) is 0 Å². The summed E-state index contributed by atoms with van der Waals surface area (Å²) in [6, 6.07) is 0. The van der Waals surface area contributed by atoms with Gasteiger partial charge in [0.1, 0.15) is 5.60 Å². The molecule has 0 radical (unpaired) electrons. The van der Waals surface area contributed by atoms with E-state index in [2.05, 4.69) is 10.2 Å². The number of methoxy groups -OCH3 is 1. The Morgan fingerprint density at radius 2 is 1.94 bits per heavy atom. The molecule has 7 nitrogen and oxygen atoms in total. The topological polar surface area (TPSA) is 100 Å². The Labute approximate surface area is 107 Å². The van der Waals surface area contributed by atoms with Crippen molar-refractivity contribution in [1.29, 1.82) is 0 Å². The molecule has 104 valence electrons. The second-order valence-corrected chi connectivity index (χ2v) is 6.53. The Morgan fingerprint density at radius 3 is 2.33 bits per heavy atom. The van der Waals surface area contributed by atoms with Crippen LogP contribution in [-0.4, -0.2) is 30.3 Å². The lowest BCUT2D eigenvalue weighted by Gasteiger charge is -2.23. The molecule has 0 aliphatic carbocycles. The molecule has 0 aromatic carbocycles. The zero-order valence-electron chi connectivity index (χ0n) is 11.3. The second-order valence-electron chi connectivity index (χ2n) is 5.07. The SMILES string of the molecule is COC(C)(C)c1nnc(S(N)(=O)=O)n1CC(C)C. The van der Waals surface area contributed by atoms with E-state index in [1.165, 1.54) is 11.7 Å². The summed E-state index contributed by atoms with van der Waals surface area (Å²) >= 11 is 0. The highest BCUT2D eigenvalue weighted by atomic mass is 32.2. The molecule has 0 saturated carbocycles. The number of sulfonamides is 1. The largest absolute Gasteiger partial charge is 0.371 e. The fraction of sp³-hybridized carbons (Fsp3) is 0.800. The molecule has 18 heavy (non-hydrogen) atoms. The minimum absolute atomic E-state index is 0.226. The Bertz CT molecular complexity index is 519. The summed E-state index contributed by atoms with van der Waals surface area (Å²) in [6.45, 7) is 7.98. The van der Waals surface area contributed by atoms with Crippen molar-refractivity contribution in [1.82, 2.24) is 14.8 Å². The van der Waals surface area contributed by atoms with E-state index in [1.54, 1.807) is 13.8 Å². The van der Waals surface area contributed by atoms with E-state index in [1.807, 2.05) is 13.8 Å². The molecule has 0 atom stereocenters. The number of hydrogen-bond acceptors (Lipinski definition) is 5. The van der Waals surface area contributed by atoms with Gasteiger partial charge in [-0.05, 0) is 19.8 Å². The number of ether oxygens (including phenoxy) is 1. The second kappa shape index (κ2) is 4.94. The van der Waals surface area contributed by atoms with Gasteiger partial charge in [-0.1, -0.05) is 13.8 Å². The Morgan fingerprint density at radius 1 is 1.39 bits per heavy atom. The maximum Gasteiger partial charge on any atom is 0.273 e. The molecule has 2 N–H and O–H groups in total. The zero-order chi connectivity index (χ0) is 14.1. The van der Waals surface area contributed by atoms with Crippen LogP contribution in [0.3, 0.4) is 0 Å². The highest BCUT2D eigenvalue weighted by Gasteiger charge is 2.31. The first kappa shape index (κ1) is 15.1. The van der Waals surface area contributed by atoms with Crippen LogP contribution in [0.4, 0.5) is 0 Å². The lowest BCUT2D eigenvalue weighted by atomic mass is 10.1. The molecule has 0 amide bonds. The van der Waals surface area contributed by atoms with E-state index in [4.69, 9.17) is 9.88 Å². The van der Waals surface area contributed by atoms with Gasteiger partial charge in [0, 0.05) is 13.7 Å². The predicted octanol–water partition coefficient (Wildman–Crippen LogP) is 0.463. The third kappa shape index (κ3) is 3.06. The van der Waals surface area contributed by atoms with Crippen LogP contribution < -0.4 is 5.14 Å². The van der Waals surface area contributed by atoms with E-state index in [-0.39, 0.29) is 11.1 Å². The number of rotatable bonds is 5. The van der Waals surface area contributed by atoms with Gasteiger partial charge in [-0.2, -0.15) is 0 Å². The van der Waals surface area contributed by atoms with Crippen molar-refractivity contribution in [2.75, 3.05) is 7.11 Å².